The molecule has 0 N–H and O–H groups in total. The van der Waals surface area contributed by atoms with Gasteiger partial charge in [0.25, 0.3) is 0 Å². The Morgan fingerprint density at radius 3 is 2.53 bits per heavy atom. The van der Waals surface area contributed by atoms with Gasteiger partial charge < -0.3 is 9.64 Å². The molecular formula is C27H35Cl3N3O3+. The van der Waals surface area contributed by atoms with Gasteiger partial charge in [-0.15, -0.1) is 17.4 Å². The van der Waals surface area contributed by atoms with Crippen LogP contribution in [0.25, 0.3) is 0 Å². The third-order valence-corrected chi connectivity index (χ3v) is 8.03. The van der Waals surface area contributed by atoms with E-state index in [-0.39, 0.29) is 41.1 Å². The highest BCUT2D eigenvalue weighted by atomic mass is 35.5. The predicted molar refractivity (Wildman–Crippen MR) is 146 cm³/mol. The Bertz CT molecular complexity index is 1060. The standard InChI is InChI=1S/C27H34Cl2N3O3.ClH/c1-3-4-16-32(2,26(33)20-9-6-5-7-10-20)31-15-13-22(30-14-8-17-35-27(30)34)19-25(31)21-11-12-23(28)24(29)18-21;/h5-7,9-12,18,22,25H,3-4,8,13-17,19H2,1-2H3;1H/q+1;/t22-,25?,32?;/m0./s1. The first-order chi connectivity index (χ1) is 16.8. The third kappa shape index (κ3) is 6.00. The number of cyclic esters (lactones) is 1. The molecule has 2 aliphatic heterocycles. The average Bonchev–Trinajstić information content (AvgIpc) is 2.89. The minimum Gasteiger partial charge on any atom is -0.449 e. The number of unbranched alkanes of at least 4 members (excludes halogenated alkanes) is 1. The van der Waals surface area contributed by atoms with Gasteiger partial charge in [0.05, 0.1) is 41.8 Å². The van der Waals surface area contributed by atoms with Crippen molar-refractivity contribution in [1.82, 2.24) is 9.91 Å². The van der Waals surface area contributed by atoms with Gasteiger partial charge in [-0.3, -0.25) is 0 Å². The van der Waals surface area contributed by atoms with E-state index in [9.17, 15) is 9.59 Å². The number of quaternary nitrogens is 1. The number of carbonyl (C=O) groups is 2. The zero-order chi connectivity index (χ0) is 25.0. The van der Waals surface area contributed by atoms with E-state index < -0.39 is 0 Å². The maximum Gasteiger partial charge on any atom is 0.410 e. The minimum absolute atomic E-state index is 0. The summed E-state index contributed by atoms with van der Waals surface area (Å²) in [5.41, 5.74) is 1.69. The summed E-state index contributed by atoms with van der Waals surface area (Å²) >= 11 is 12.7. The van der Waals surface area contributed by atoms with Gasteiger partial charge >= 0.3 is 12.0 Å². The van der Waals surface area contributed by atoms with Crippen LogP contribution in [0.15, 0.2) is 48.5 Å². The van der Waals surface area contributed by atoms with Crippen LogP contribution in [0.2, 0.25) is 10.0 Å². The number of rotatable bonds is 7. The van der Waals surface area contributed by atoms with Crippen LogP contribution in [-0.4, -0.2) is 65.8 Å². The number of nitrogens with zero attached hydrogens (tertiary/aromatic N) is 3. The lowest BCUT2D eigenvalue weighted by Crippen LogP contribution is -2.65. The molecule has 2 aromatic rings. The third-order valence-electron chi connectivity index (χ3n) is 7.29. The monoisotopic (exact) mass is 554 g/mol. The van der Waals surface area contributed by atoms with Crippen molar-refractivity contribution < 1.29 is 18.9 Å². The van der Waals surface area contributed by atoms with Crippen molar-refractivity contribution in [3.63, 3.8) is 0 Å². The van der Waals surface area contributed by atoms with Gasteiger partial charge in [-0.1, -0.05) is 60.8 Å². The van der Waals surface area contributed by atoms with E-state index in [1.54, 1.807) is 0 Å². The smallest absolute Gasteiger partial charge is 0.410 e. The molecule has 2 heterocycles. The second-order valence-corrected chi connectivity index (χ2v) is 10.4. The second kappa shape index (κ2) is 12.6. The molecule has 0 radical (unpaired) electrons. The summed E-state index contributed by atoms with van der Waals surface area (Å²) in [6.45, 7) is 4.67. The van der Waals surface area contributed by atoms with E-state index >= 15 is 0 Å². The summed E-state index contributed by atoms with van der Waals surface area (Å²) in [7, 11) is 2.02. The second-order valence-electron chi connectivity index (χ2n) is 9.58. The highest BCUT2D eigenvalue weighted by Gasteiger charge is 2.48. The van der Waals surface area contributed by atoms with Gasteiger partial charge in [0, 0.05) is 12.6 Å². The first-order valence-electron chi connectivity index (χ1n) is 12.5. The lowest BCUT2D eigenvalue weighted by molar-refractivity contribution is -0.955. The van der Waals surface area contributed by atoms with Crippen LogP contribution in [0, 0.1) is 0 Å². The number of carbonyl (C=O) groups excluding carboxylic acids is 2. The first-order valence-corrected chi connectivity index (χ1v) is 13.2. The molecule has 6 nitrogen and oxygen atoms in total. The highest BCUT2D eigenvalue weighted by Crippen LogP contribution is 2.40. The summed E-state index contributed by atoms with van der Waals surface area (Å²) in [6, 6.07) is 15.1. The number of ether oxygens (including phenoxy) is 1. The van der Waals surface area contributed by atoms with Gasteiger partial charge in [0.15, 0.2) is 0 Å². The lowest BCUT2D eigenvalue weighted by Gasteiger charge is -2.50. The van der Waals surface area contributed by atoms with Crippen molar-refractivity contribution in [3.8, 4) is 0 Å². The fourth-order valence-corrected chi connectivity index (χ4v) is 5.65. The van der Waals surface area contributed by atoms with Crippen molar-refractivity contribution in [3.05, 3.63) is 69.7 Å². The molecule has 0 aromatic heterocycles. The number of halogens is 3. The summed E-state index contributed by atoms with van der Waals surface area (Å²) in [5.74, 6) is 0.0694. The molecule has 3 atom stereocenters. The van der Waals surface area contributed by atoms with Crippen molar-refractivity contribution >= 4 is 47.6 Å². The van der Waals surface area contributed by atoms with E-state index in [0.29, 0.717) is 48.3 Å². The van der Waals surface area contributed by atoms with Crippen LogP contribution in [0.4, 0.5) is 4.79 Å². The Kier molecular flexibility index (Phi) is 10.1. The molecule has 2 fully saturated rings. The van der Waals surface area contributed by atoms with E-state index in [0.717, 1.165) is 31.2 Å². The van der Waals surface area contributed by atoms with Gasteiger partial charge in [0.2, 0.25) is 0 Å². The predicted octanol–water partition coefficient (Wildman–Crippen LogP) is 6.77. The number of hydrogen-bond acceptors (Lipinski definition) is 4. The van der Waals surface area contributed by atoms with E-state index in [4.69, 9.17) is 27.9 Å². The number of amides is 2. The molecule has 2 unspecified atom stereocenters. The van der Waals surface area contributed by atoms with Gasteiger partial charge in [0.1, 0.15) is 6.54 Å². The number of piperidine rings is 1. The summed E-state index contributed by atoms with van der Waals surface area (Å²) < 4.78 is 5.51. The van der Waals surface area contributed by atoms with E-state index in [1.165, 1.54) is 0 Å². The van der Waals surface area contributed by atoms with Gasteiger partial charge in [-0.05, 0) is 55.5 Å². The zero-order valence-corrected chi connectivity index (χ0v) is 23.2. The van der Waals surface area contributed by atoms with E-state index in [2.05, 4.69) is 11.9 Å². The Labute approximate surface area is 230 Å². The Morgan fingerprint density at radius 1 is 1.11 bits per heavy atom. The molecule has 2 aromatic carbocycles. The minimum atomic E-state index is -0.244. The molecule has 4 rings (SSSR count). The molecular weight excluding hydrogens is 521 g/mol. The van der Waals surface area contributed by atoms with Crippen molar-refractivity contribution in [2.75, 3.05) is 33.3 Å². The highest BCUT2D eigenvalue weighted by molar-refractivity contribution is 6.42. The van der Waals surface area contributed by atoms with Gasteiger partial charge in [-0.25, -0.2) is 9.59 Å². The molecule has 0 saturated carbocycles. The van der Waals surface area contributed by atoms with Crippen LogP contribution < -0.4 is 0 Å². The summed E-state index contributed by atoms with van der Waals surface area (Å²) in [6.07, 6.45) is 3.96. The maximum absolute atomic E-state index is 14.0. The molecule has 2 saturated heterocycles. The van der Waals surface area contributed by atoms with E-state index in [1.807, 2.05) is 60.5 Å². The molecule has 0 aliphatic carbocycles. The molecule has 2 aliphatic rings. The van der Waals surface area contributed by atoms with Crippen LogP contribution in [0.3, 0.4) is 0 Å². The summed E-state index contributed by atoms with van der Waals surface area (Å²) in [5, 5.41) is 3.27. The Hall–Kier alpha value is -1.83. The fraction of sp³-hybridized carbons (Fsp3) is 0.481. The molecule has 196 valence electrons. The molecule has 36 heavy (non-hydrogen) atoms. The topological polar surface area (TPSA) is 49.9 Å². The Morgan fingerprint density at radius 2 is 1.86 bits per heavy atom. The van der Waals surface area contributed by atoms with Crippen molar-refractivity contribution in [2.24, 2.45) is 0 Å². The Balaban J connectivity index is 0.00000361. The lowest BCUT2D eigenvalue weighted by atomic mass is 9.91. The van der Waals surface area contributed by atoms with Crippen molar-refractivity contribution in [2.45, 2.75) is 51.1 Å². The average molecular weight is 556 g/mol. The normalized spacial score (nSPS) is 22.3. The fourth-order valence-electron chi connectivity index (χ4n) is 5.35. The maximum atomic E-state index is 14.0. The van der Waals surface area contributed by atoms with Crippen LogP contribution in [0.1, 0.15) is 61.0 Å². The van der Waals surface area contributed by atoms with Gasteiger partial charge in [-0.2, -0.15) is 4.59 Å². The first kappa shape index (κ1) is 28.7. The van der Waals surface area contributed by atoms with Crippen molar-refractivity contribution in [1.29, 1.82) is 0 Å². The molecule has 0 spiro atoms. The zero-order valence-electron chi connectivity index (χ0n) is 20.9. The largest absolute Gasteiger partial charge is 0.449 e. The van der Waals surface area contributed by atoms with Crippen LogP contribution >= 0.6 is 35.6 Å². The van der Waals surface area contributed by atoms with Crippen LogP contribution in [0.5, 0.6) is 0 Å². The molecule has 9 heteroatoms. The number of hydrogen-bond donors (Lipinski definition) is 0. The summed E-state index contributed by atoms with van der Waals surface area (Å²) in [4.78, 5) is 28.4. The number of benzene rings is 2. The molecule has 2 amide bonds. The SMILES string of the molecule is CCCC[N+](C)(C(=O)c1ccccc1)N1CC[C@H](N2CCCOC2=O)CC1c1ccc(Cl)c(Cl)c1.Cl. The molecule has 0 bridgehead atoms. The quantitative estimate of drug-likeness (QED) is 0.354. The van der Waals surface area contributed by atoms with Crippen LogP contribution in [-0.2, 0) is 4.74 Å².